The molecule has 1 unspecified atom stereocenters. The number of aliphatic hydroxyl groups is 3. The van der Waals surface area contributed by atoms with Crippen LogP contribution >= 0.6 is 0 Å². The van der Waals surface area contributed by atoms with Gasteiger partial charge in [-0.1, -0.05) is 44.9 Å². The normalized spacial score (nSPS) is 13.0. The maximum Gasteiger partial charge on any atom is 0.0770 e. The molecule has 0 saturated heterocycles. The average molecular weight is 218 g/mol. The lowest BCUT2D eigenvalue weighted by Crippen LogP contribution is -2.10. The molecule has 15 heavy (non-hydrogen) atoms. The van der Waals surface area contributed by atoms with E-state index < -0.39 is 6.10 Å². The minimum atomic E-state index is -0.519. The van der Waals surface area contributed by atoms with E-state index in [1.54, 1.807) is 0 Å². The average Bonchev–Trinajstić information content (AvgIpc) is 2.26. The van der Waals surface area contributed by atoms with E-state index in [-0.39, 0.29) is 6.61 Å². The third-order valence-corrected chi connectivity index (χ3v) is 2.66. The van der Waals surface area contributed by atoms with E-state index in [9.17, 15) is 0 Å². The highest BCUT2D eigenvalue weighted by molar-refractivity contribution is 4.53. The Balaban J connectivity index is 2.92. The van der Waals surface area contributed by atoms with Crippen LogP contribution in [0.2, 0.25) is 0 Å². The molecule has 0 spiro atoms. The van der Waals surface area contributed by atoms with Crippen molar-refractivity contribution in [1.82, 2.24) is 0 Å². The third kappa shape index (κ3) is 11.8. The smallest absolute Gasteiger partial charge is 0.0770 e. The first-order valence-corrected chi connectivity index (χ1v) is 6.21. The SMILES string of the molecule is OCCCCCCCCCCC(O)CO. The Morgan fingerprint density at radius 3 is 1.60 bits per heavy atom. The second kappa shape index (κ2) is 12.0. The molecule has 0 aromatic carbocycles. The maximum atomic E-state index is 9.08. The summed E-state index contributed by atoms with van der Waals surface area (Å²) in [5.41, 5.74) is 0. The van der Waals surface area contributed by atoms with E-state index >= 15 is 0 Å². The molecule has 92 valence electrons. The van der Waals surface area contributed by atoms with E-state index in [0.717, 1.165) is 32.1 Å². The lowest BCUT2D eigenvalue weighted by atomic mass is 10.1. The second-order valence-electron chi connectivity index (χ2n) is 4.18. The van der Waals surface area contributed by atoms with Gasteiger partial charge in [-0.3, -0.25) is 0 Å². The highest BCUT2D eigenvalue weighted by Crippen LogP contribution is 2.10. The van der Waals surface area contributed by atoms with Crippen LogP contribution in [0.15, 0.2) is 0 Å². The lowest BCUT2D eigenvalue weighted by molar-refractivity contribution is 0.0860. The zero-order chi connectivity index (χ0) is 11.4. The van der Waals surface area contributed by atoms with Crippen LogP contribution in [0.4, 0.5) is 0 Å². The van der Waals surface area contributed by atoms with Crippen LogP contribution in [-0.2, 0) is 0 Å². The van der Waals surface area contributed by atoms with Gasteiger partial charge in [0, 0.05) is 6.61 Å². The van der Waals surface area contributed by atoms with Crippen LogP contribution in [0.1, 0.15) is 57.8 Å². The van der Waals surface area contributed by atoms with E-state index in [1.807, 2.05) is 0 Å². The predicted molar refractivity (Wildman–Crippen MR) is 61.7 cm³/mol. The highest BCUT2D eigenvalue weighted by atomic mass is 16.3. The van der Waals surface area contributed by atoms with E-state index in [0.29, 0.717) is 6.61 Å². The minimum absolute atomic E-state index is 0.110. The zero-order valence-corrected chi connectivity index (χ0v) is 9.70. The fraction of sp³-hybridized carbons (Fsp3) is 1.00. The first-order chi connectivity index (χ1) is 7.31. The van der Waals surface area contributed by atoms with Gasteiger partial charge in [0.1, 0.15) is 0 Å². The zero-order valence-electron chi connectivity index (χ0n) is 9.70. The quantitative estimate of drug-likeness (QED) is 0.464. The van der Waals surface area contributed by atoms with E-state index in [1.165, 1.54) is 25.7 Å². The molecule has 0 aromatic rings. The van der Waals surface area contributed by atoms with Crippen LogP contribution in [0, 0.1) is 0 Å². The van der Waals surface area contributed by atoms with Crippen molar-refractivity contribution >= 4 is 0 Å². The van der Waals surface area contributed by atoms with Crippen molar-refractivity contribution in [3.63, 3.8) is 0 Å². The van der Waals surface area contributed by atoms with Gasteiger partial charge in [-0.25, -0.2) is 0 Å². The topological polar surface area (TPSA) is 60.7 Å². The summed E-state index contributed by atoms with van der Waals surface area (Å²) in [6.45, 7) is 0.209. The fourth-order valence-corrected chi connectivity index (χ4v) is 1.64. The summed E-state index contributed by atoms with van der Waals surface area (Å²) in [5.74, 6) is 0. The summed E-state index contributed by atoms with van der Waals surface area (Å²) in [4.78, 5) is 0. The van der Waals surface area contributed by atoms with E-state index in [4.69, 9.17) is 15.3 Å². The molecule has 3 heteroatoms. The molecule has 0 bridgehead atoms. The van der Waals surface area contributed by atoms with Crippen molar-refractivity contribution in [1.29, 1.82) is 0 Å². The summed E-state index contributed by atoms with van der Waals surface area (Å²) in [7, 11) is 0. The predicted octanol–water partition coefficient (Wildman–Crippen LogP) is 1.84. The second-order valence-corrected chi connectivity index (χ2v) is 4.18. The summed E-state index contributed by atoms with van der Waals surface area (Å²) in [5, 5.41) is 26.2. The maximum absolute atomic E-state index is 9.08. The van der Waals surface area contributed by atoms with Crippen LogP contribution < -0.4 is 0 Å². The van der Waals surface area contributed by atoms with Gasteiger partial charge in [0.2, 0.25) is 0 Å². The molecular weight excluding hydrogens is 192 g/mol. The molecule has 0 aliphatic heterocycles. The van der Waals surface area contributed by atoms with Gasteiger partial charge in [-0.15, -0.1) is 0 Å². The third-order valence-electron chi connectivity index (χ3n) is 2.66. The van der Waals surface area contributed by atoms with Gasteiger partial charge >= 0.3 is 0 Å². The van der Waals surface area contributed by atoms with Crippen molar-refractivity contribution in [3.8, 4) is 0 Å². The fourth-order valence-electron chi connectivity index (χ4n) is 1.64. The van der Waals surface area contributed by atoms with Gasteiger partial charge < -0.3 is 15.3 Å². The van der Waals surface area contributed by atoms with E-state index in [2.05, 4.69) is 0 Å². The first-order valence-electron chi connectivity index (χ1n) is 6.21. The van der Waals surface area contributed by atoms with Gasteiger partial charge in [-0.05, 0) is 12.8 Å². The molecule has 0 aliphatic carbocycles. The van der Waals surface area contributed by atoms with Crippen molar-refractivity contribution in [3.05, 3.63) is 0 Å². The van der Waals surface area contributed by atoms with Crippen molar-refractivity contribution in [2.75, 3.05) is 13.2 Å². The van der Waals surface area contributed by atoms with Crippen LogP contribution in [0.25, 0.3) is 0 Å². The monoisotopic (exact) mass is 218 g/mol. The van der Waals surface area contributed by atoms with Crippen LogP contribution in [0.3, 0.4) is 0 Å². The number of hydrogen-bond acceptors (Lipinski definition) is 3. The molecular formula is C12H26O3. The number of hydrogen-bond donors (Lipinski definition) is 3. The van der Waals surface area contributed by atoms with Crippen molar-refractivity contribution < 1.29 is 15.3 Å². The Labute approximate surface area is 93.1 Å². The summed E-state index contributed by atoms with van der Waals surface area (Å²) >= 11 is 0. The minimum Gasteiger partial charge on any atom is -0.396 e. The number of unbranched alkanes of at least 4 members (excludes halogenated alkanes) is 7. The number of aliphatic hydroxyl groups excluding tert-OH is 3. The molecule has 0 saturated carbocycles. The Morgan fingerprint density at radius 1 is 0.667 bits per heavy atom. The number of rotatable bonds is 11. The van der Waals surface area contributed by atoms with Gasteiger partial charge in [0.25, 0.3) is 0 Å². The standard InChI is InChI=1S/C12H26O3/c13-10-8-6-4-2-1-3-5-7-9-12(15)11-14/h12-15H,1-11H2. The highest BCUT2D eigenvalue weighted by Gasteiger charge is 2.00. The van der Waals surface area contributed by atoms with Crippen molar-refractivity contribution in [2.45, 2.75) is 63.9 Å². The Kier molecular flexibility index (Phi) is 11.9. The molecule has 1 atom stereocenters. The summed E-state index contributed by atoms with van der Waals surface area (Å²) < 4.78 is 0. The molecule has 3 N–H and O–H groups in total. The van der Waals surface area contributed by atoms with Gasteiger partial charge in [-0.2, -0.15) is 0 Å². The van der Waals surface area contributed by atoms with Crippen LogP contribution in [0.5, 0.6) is 0 Å². The lowest BCUT2D eigenvalue weighted by Gasteiger charge is -2.06. The molecule has 0 fully saturated rings. The largest absolute Gasteiger partial charge is 0.396 e. The van der Waals surface area contributed by atoms with Crippen molar-refractivity contribution in [2.24, 2.45) is 0 Å². The molecule has 0 aliphatic rings. The molecule has 3 nitrogen and oxygen atoms in total. The molecule has 0 radical (unpaired) electrons. The summed E-state index contributed by atoms with van der Waals surface area (Å²) in [6.07, 6.45) is 9.38. The molecule has 0 aromatic heterocycles. The van der Waals surface area contributed by atoms with Gasteiger partial charge in [0.15, 0.2) is 0 Å². The van der Waals surface area contributed by atoms with Crippen LogP contribution in [-0.4, -0.2) is 34.6 Å². The molecule has 0 heterocycles. The Morgan fingerprint density at radius 2 is 1.13 bits per heavy atom. The van der Waals surface area contributed by atoms with Gasteiger partial charge in [0.05, 0.1) is 12.7 Å². The Hall–Kier alpha value is -0.120. The molecule has 0 rings (SSSR count). The molecule has 0 amide bonds. The first kappa shape index (κ1) is 14.9. The summed E-state index contributed by atoms with van der Waals surface area (Å²) in [6, 6.07) is 0. The Bertz CT molecular complexity index is 117.